The minimum atomic E-state index is -0.307. The van der Waals surface area contributed by atoms with Gasteiger partial charge in [0.1, 0.15) is 5.75 Å². The topological polar surface area (TPSA) is 18.5 Å². The van der Waals surface area contributed by atoms with E-state index in [0.717, 1.165) is 11.8 Å². The van der Waals surface area contributed by atoms with Crippen LogP contribution in [0.2, 0.25) is 0 Å². The second kappa shape index (κ2) is 8.91. The highest BCUT2D eigenvalue weighted by molar-refractivity contribution is 5.33. The zero-order chi connectivity index (χ0) is 17.6. The molecule has 0 unspecified atom stereocenters. The normalized spacial score (nSPS) is 30.0. The van der Waals surface area contributed by atoms with Crippen LogP contribution in [0.1, 0.15) is 65.2 Å². The molecule has 1 aromatic carbocycles. The van der Waals surface area contributed by atoms with Gasteiger partial charge in [-0.1, -0.05) is 39.5 Å². The molecule has 0 radical (unpaired) electrons. The third-order valence-electron chi connectivity index (χ3n) is 6.13. The average Bonchev–Trinajstić information content (AvgIpc) is 2.62. The van der Waals surface area contributed by atoms with Gasteiger partial charge in [-0.2, -0.15) is 0 Å². The van der Waals surface area contributed by atoms with Crippen molar-refractivity contribution in [3.05, 3.63) is 24.0 Å². The third-order valence-corrected chi connectivity index (χ3v) is 6.13. The molecule has 0 heterocycles. The van der Waals surface area contributed by atoms with Crippen LogP contribution in [0.15, 0.2) is 18.2 Å². The van der Waals surface area contributed by atoms with E-state index in [-0.39, 0.29) is 5.82 Å². The Labute approximate surface area is 152 Å². The molecule has 2 aliphatic carbocycles. The van der Waals surface area contributed by atoms with E-state index in [4.69, 9.17) is 9.47 Å². The van der Waals surface area contributed by atoms with E-state index in [1.807, 2.05) is 6.07 Å². The first-order chi connectivity index (χ1) is 12.1. The van der Waals surface area contributed by atoms with Gasteiger partial charge in [0.05, 0.1) is 13.2 Å². The number of ether oxygens (including phenoxy) is 2. The predicted molar refractivity (Wildman–Crippen MR) is 99.6 cm³/mol. The molecule has 3 heteroatoms. The second-order valence-corrected chi connectivity index (χ2v) is 8.47. The van der Waals surface area contributed by atoms with Crippen molar-refractivity contribution in [1.29, 1.82) is 0 Å². The van der Waals surface area contributed by atoms with Gasteiger partial charge in [0.15, 0.2) is 11.6 Å². The van der Waals surface area contributed by atoms with Crippen molar-refractivity contribution < 1.29 is 13.9 Å². The van der Waals surface area contributed by atoms with Crippen molar-refractivity contribution in [3.8, 4) is 11.5 Å². The van der Waals surface area contributed by atoms with E-state index in [2.05, 4.69) is 13.8 Å². The fourth-order valence-electron chi connectivity index (χ4n) is 4.10. The van der Waals surface area contributed by atoms with Gasteiger partial charge in [-0.3, -0.25) is 0 Å². The quantitative estimate of drug-likeness (QED) is 0.606. The van der Waals surface area contributed by atoms with Crippen LogP contribution in [0.5, 0.6) is 11.5 Å². The highest BCUT2D eigenvalue weighted by Crippen LogP contribution is 2.31. The molecule has 2 fully saturated rings. The molecule has 0 atom stereocenters. The summed E-state index contributed by atoms with van der Waals surface area (Å²) in [6.45, 7) is 5.96. The third kappa shape index (κ3) is 5.62. The predicted octanol–water partition coefficient (Wildman–Crippen LogP) is 6.24. The number of hydrogen-bond donors (Lipinski definition) is 0. The van der Waals surface area contributed by atoms with Gasteiger partial charge in [-0.25, -0.2) is 4.39 Å². The highest BCUT2D eigenvalue weighted by atomic mass is 19.1. The number of halogens is 1. The molecule has 140 valence electrons. The van der Waals surface area contributed by atoms with E-state index in [9.17, 15) is 4.39 Å². The molecule has 1 aromatic rings. The summed E-state index contributed by atoms with van der Waals surface area (Å²) in [4.78, 5) is 0. The Hall–Kier alpha value is -1.25. The van der Waals surface area contributed by atoms with Crippen molar-refractivity contribution in [2.75, 3.05) is 13.2 Å². The van der Waals surface area contributed by atoms with E-state index in [1.165, 1.54) is 57.4 Å². The number of benzene rings is 1. The summed E-state index contributed by atoms with van der Waals surface area (Å²) < 4.78 is 25.8. The minimum absolute atomic E-state index is 0.307. The van der Waals surface area contributed by atoms with Gasteiger partial charge >= 0.3 is 0 Å². The van der Waals surface area contributed by atoms with Crippen LogP contribution in [0.25, 0.3) is 0 Å². The molecular formula is C22H33FO2. The first kappa shape index (κ1) is 18.5. The largest absolute Gasteiger partial charge is 0.493 e. The standard InChI is InChI=1S/C22H33FO2/c1-16-3-7-18(8-4-16)14-24-20-11-12-22(21(23)13-20)25-15-19-9-5-17(2)6-10-19/h11-13,16-19H,3-10,14-15H2,1-2H3. The zero-order valence-electron chi connectivity index (χ0n) is 15.8. The van der Waals surface area contributed by atoms with E-state index >= 15 is 0 Å². The van der Waals surface area contributed by atoms with Crippen LogP contribution in [-0.4, -0.2) is 13.2 Å². The Bertz CT molecular complexity index is 529. The molecule has 0 N–H and O–H groups in total. The Morgan fingerprint density at radius 3 is 1.84 bits per heavy atom. The van der Waals surface area contributed by atoms with Crippen LogP contribution < -0.4 is 9.47 Å². The number of rotatable bonds is 6. The number of hydrogen-bond acceptors (Lipinski definition) is 2. The first-order valence-corrected chi connectivity index (χ1v) is 10.1. The molecule has 0 spiro atoms. The maximum absolute atomic E-state index is 14.3. The summed E-state index contributed by atoms with van der Waals surface area (Å²) in [5.74, 6) is 3.53. The summed E-state index contributed by atoms with van der Waals surface area (Å²) in [5, 5.41) is 0. The van der Waals surface area contributed by atoms with Gasteiger partial charge in [0.25, 0.3) is 0 Å². The van der Waals surface area contributed by atoms with Gasteiger partial charge in [0, 0.05) is 6.07 Å². The molecule has 0 amide bonds. The molecule has 25 heavy (non-hydrogen) atoms. The van der Waals surface area contributed by atoms with Crippen molar-refractivity contribution in [3.63, 3.8) is 0 Å². The average molecular weight is 349 g/mol. The van der Waals surface area contributed by atoms with E-state index in [1.54, 1.807) is 6.07 Å². The lowest BCUT2D eigenvalue weighted by Gasteiger charge is -2.26. The highest BCUT2D eigenvalue weighted by Gasteiger charge is 2.20. The molecule has 2 saturated carbocycles. The summed E-state index contributed by atoms with van der Waals surface area (Å²) in [6, 6.07) is 5.04. The summed E-state index contributed by atoms with van der Waals surface area (Å²) in [7, 11) is 0. The molecule has 0 aromatic heterocycles. The van der Waals surface area contributed by atoms with Gasteiger partial charge in [-0.05, 0) is 61.5 Å². The zero-order valence-corrected chi connectivity index (χ0v) is 15.8. The lowest BCUT2D eigenvalue weighted by atomic mass is 9.83. The van der Waals surface area contributed by atoms with Crippen molar-refractivity contribution in [2.24, 2.45) is 23.7 Å². The van der Waals surface area contributed by atoms with Gasteiger partial charge in [0.2, 0.25) is 0 Å². The first-order valence-electron chi connectivity index (χ1n) is 10.1. The van der Waals surface area contributed by atoms with Crippen molar-refractivity contribution in [2.45, 2.75) is 65.2 Å². The monoisotopic (exact) mass is 348 g/mol. The lowest BCUT2D eigenvalue weighted by Crippen LogP contribution is -2.19. The molecule has 2 aliphatic rings. The molecule has 0 aliphatic heterocycles. The Morgan fingerprint density at radius 1 is 0.800 bits per heavy atom. The minimum Gasteiger partial charge on any atom is -0.493 e. The second-order valence-electron chi connectivity index (χ2n) is 8.47. The molecule has 3 rings (SSSR count). The van der Waals surface area contributed by atoms with Crippen molar-refractivity contribution >= 4 is 0 Å². The Morgan fingerprint density at radius 2 is 1.32 bits per heavy atom. The maximum Gasteiger partial charge on any atom is 0.168 e. The fraction of sp³-hybridized carbons (Fsp3) is 0.727. The summed E-state index contributed by atoms with van der Waals surface area (Å²) >= 11 is 0. The lowest BCUT2D eigenvalue weighted by molar-refractivity contribution is 0.180. The van der Waals surface area contributed by atoms with Crippen LogP contribution >= 0.6 is 0 Å². The Kier molecular flexibility index (Phi) is 6.61. The summed E-state index contributed by atoms with van der Waals surface area (Å²) in [5.41, 5.74) is 0. The Balaban J connectivity index is 1.44. The SMILES string of the molecule is CC1CCC(COc2ccc(OCC3CCC(C)CC3)c(F)c2)CC1. The molecule has 0 bridgehead atoms. The molecular weight excluding hydrogens is 315 g/mol. The van der Waals surface area contributed by atoms with Crippen LogP contribution in [0, 0.1) is 29.5 Å². The molecule has 2 nitrogen and oxygen atoms in total. The van der Waals surface area contributed by atoms with Gasteiger partial charge in [-0.15, -0.1) is 0 Å². The molecule has 0 saturated heterocycles. The van der Waals surface area contributed by atoms with Crippen LogP contribution in [-0.2, 0) is 0 Å². The van der Waals surface area contributed by atoms with Crippen molar-refractivity contribution in [1.82, 2.24) is 0 Å². The fourth-order valence-corrected chi connectivity index (χ4v) is 4.10. The summed E-state index contributed by atoms with van der Waals surface area (Å²) in [6.07, 6.45) is 9.96. The van der Waals surface area contributed by atoms with E-state index < -0.39 is 0 Å². The van der Waals surface area contributed by atoms with Gasteiger partial charge < -0.3 is 9.47 Å². The van der Waals surface area contributed by atoms with Crippen LogP contribution in [0.4, 0.5) is 4.39 Å². The van der Waals surface area contributed by atoms with Crippen LogP contribution in [0.3, 0.4) is 0 Å². The maximum atomic E-state index is 14.3. The van der Waals surface area contributed by atoms with E-state index in [0.29, 0.717) is 36.5 Å². The smallest absolute Gasteiger partial charge is 0.168 e.